The lowest BCUT2D eigenvalue weighted by molar-refractivity contribution is 0.116. The average Bonchev–Trinajstić information content (AvgIpc) is 2.49. The molecule has 0 spiro atoms. The van der Waals surface area contributed by atoms with Crippen molar-refractivity contribution in [3.8, 4) is 11.8 Å². The van der Waals surface area contributed by atoms with Crippen LogP contribution in [0.1, 0.15) is 56.6 Å². The molecular formula is C18H26FNO. The van der Waals surface area contributed by atoms with Crippen molar-refractivity contribution < 1.29 is 9.13 Å². The van der Waals surface area contributed by atoms with Crippen LogP contribution in [0.4, 0.5) is 4.39 Å². The van der Waals surface area contributed by atoms with Crippen LogP contribution < -0.4 is 5.73 Å². The van der Waals surface area contributed by atoms with Crippen molar-refractivity contribution in [1.29, 1.82) is 0 Å². The van der Waals surface area contributed by atoms with Crippen molar-refractivity contribution >= 4 is 0 Å². The first-order valence-corrected chi connectivity index (χ1v) is 7.83. The largest absolute Gasteiger partial charge is 0.377 e. The summed E-state index contributed by atoms with van der Waals surface area (Å²) in [5, 5.41) is 0. The summed E-state index contributed by atoms with van der Waals surface area (Å²) >= 11 is 0. The minimum absolute atomic E-state index is 0.272. The summed E-state index contributed by atoms with van der Waals surface area (Å²) < 4.78 is 18.9. The smallest absolute Gasteiger partial charge is 0.124 e. The van der Waals surface area contributed by atoms with Gasteiger partial charge in [0.1, 0.15) is 5.82 Å². The molecule has 1 aromatic carbocycles. The fourth-order valence-electron chi connectivity index (χ4n) is 2.10. The Kier molecular flexibility index (Phi) is 9.52. The van der Waals surface area contributed by atoms with Gasteiger partial charge >= 0.3 is 0 Å². The predicted molar refractivity (Wildman–Crippen MR) is 85.4 cm³/mol. The van der Waals surface area contributed by atoms with Crippen molar-refractivity contribution in [3.63, 3.8) is 0 Å². The molecule has 116 valence electrons. The quantitative estimate of drug-likeness (QED) is 0.551. The van der Waals surface area contributed by atoms with E-state index in [-0.39, 0.29) is 12.4 Å². The Morgan fingerprint density at radius 1 is 1.14 bits per heavy atom. The van der Waals surface area contributed by atoms with Gasteiger partial charge < -0.3 is 10.5 Å². The summed E-state index contributed by atoms with van der Waals surface area (Å²) in [6.07, 6.45) is 7.47. The van der Waals surface area contributed by atoms with Gasteiger partial charge in [0.2, 0.25) is 0 Å². The van der Waals surface area contributed by atoms with Crippen molar-refractivity contribution in [2.24, 2.45) is 5.73 Å². The standard InChI is InChI=1S/C18H26FNO/c1-2-3-4-5-6-7-13-21-15-17-10-11-18(19)14-16(17)9-8-12-20/h10-11,14H,2-7,12-13,15,20H2,1H3. The molecule has 2 N–H and O–H groups in total. The van der Waals surface area contributed by atoms with Crippen LogP contribution in [0.25, 0.3) is 0 Å². The van der Waals surface area contributed by atoms with E-state index in [4.69, 9.17) is 10.5 Å². The SMILES string of the molecule is CCCCCCCCOCc1ccc(F)cc1C#CCN. The second-order valence-corrected chi connectivity index (χ2v) is 5.13. The van der Waals surface area contributed by atoms with Crippen LogP contribution in [0.2, 0.25) is 0 Å². The molecule has 3 heteroatoms. The molecule has 0 amide bonds. The summed E-state index contributed by atoms with van der Waals surface area (Å²) in [4.78, 5) is 0. The van der Waals surface area contributed by atoms with Crippen LogP contribution in [-0.2, 0) is 11.3 Å². The number of nitrogens with two attached hydrogens (primary N) is 1. The zero-order chi connectivity index (χ0) is 15.3. The molecule has 0 aliphatic heterocycles. The summed E-state index contributed by atoms with van der Waals surface area (Å²) in [6, 6.07) is 4.61. The number of hydrogen-bond acceptors (Lipinski definition) is 2. The number of ether oxygens (including phenoxy) is 1. The van der Waals surface area contributed by atoms with E-state index in [1.54, 1.807) is 6.07 Å². The highest BCUT2D eigenvalue weighted by Crippen LogP contribution is 2.12. The molecular weight excluding hydrogens is 265 g/mol. The Morgan fingerprint density at radius 3 is 2.67 bits per heavy atom. The fourth-order valence-corrected chi connectivity index (χ4v) is 2.10. The molecule has 0 aliphatic rings. The monoisotopic (exact) mass is 291 g/mol. The Hall–Kier alpha value is -1.37. The van der Waals surface area contributed by atoms with Crippen LogP contribution in [0.5, 0.6) is 0 Å². The maximum absolute atomic E-state index is 13.2. The zero-order valence-electron chi connectivity index (χ0n) is 13.0. The van der Waals surface area contributed by atoms with Crippen molar-refractivity contribution in [1.82, 2.24) is 0 Å². The summed E-state index contributed by atoms with van der Waals surface area (Å²) in [6.45, 7) is 3.71. The third-order valence-electron chi connectivity index (χ3n) is 3.30. The Balaban J connectivity index is 2.31. The lowest BCUT2D eigenvalue weighted by atomic mass is 10.1. The first-order valence-electron chi connectivity index (χ1n) is 7.83. The zero-order valence-corrected chi connectivity index (χ0v) is 13.0. The van der Waals surface area contributed by atoms with Crippen LogP contribution in [-0.4, -0.2) is 13.2 Å². The van der Waals surface area contributed by atoms with Gasteiger partial charge in [-0.05, 0) is 24.1 Å². The fraction of sp³-hybridized carbons (Fsp3) is 0.556. The molecule has 0 saturated heterocycles. The minimum Gasteiger partial charge on any atom is -0.377 e. The summed E-state index contributed by atoms with van der Waals surface area (Å²) in [5.74, 6) is 5.37. The predicted octanol–water partition coefficient (Wildman–Crippen LogP) is 4.01. The van der Waals surface area contributed by atoms with Gasteiger partial charge in [-0.15, -0.1) is 0 Å². The van der Waals surface area contributed by atoms with E-state index in [1.807, 2.05) is 0 Å². The first kappa shape index (κ1) is 17.7. The van der Waals surface area contributed by atoms with Gasteiger partial charge in [0.25, 0.3) is 0 Å². The second-order valence-electron chi connectivity index (χ2n) is 5.13. The van der Waals surface area contributed by atoms with E-state index in [1.165, 1.54) is 44.2 Å². The first-order chi connectivity index (χ1) is 10.3. The number of hydrogen-bond donors (Lipinski definition) is 1. The van der Waals surface area contributed by atoms with Gasteiger partial charge in [0.05, 0.1) is 13.2 Å². The molecule has 21 heavy (non-hydrogen) atoms. The van der Waals surface area contributed by atoms with E-state index >= 15 is 0 Å². The van der Waals surface area contributed by atoms with Crippen LogP contribution in [0, 0.1) is 17.7 Å². The highest BCUT2D eigenvalue weighted by molar-refractivity contribution is 5.41. The lowest BCUT2D eigenvalue weighted by Crippen LogP contribution is -1.99. The third kappa shape index (κ3) is 7.84. The summed E-state index contributed by atoms with van der Waals surface area (Å²) in [5.41, 5.74) is 6.95. The Bertz CT molecular complexity index is 462. The van der Waals surface area contributed by atoms with Crippen LogP contribution in [0.15, 0.2) is 18.2 Å². The molecule has 0 atom stereocenters. The molecule has 1 rings (SSSR count). The third-order valence-corrected chi connectivity index (χ3v) is 3.30. The molecule has 1 aromatic rings. The molecule has 0 saturated carbocycles. The number of benzene rings is 1. The lowest BCUT2D eigenvalue weighted by Gasteiger charge is -2.07. The van der Waals surface area contributed by atoms with Gasteiger partial charge in [-0.25, -0.2) is 4.39 Å². The second kappa shape index (κ2) is 11.3. The Morgan fingerprint density at radius 2 is 1.90 bits per heavy atom. The van der Waals surface area contributed by atoms with Gasteiger partial charge in [-0.1, -0.05) is 56.9 Å². The maximum atomic E-state index is 13.2. The van der Waals surface area contributed by atoms with Crippen LogP contribution >= 0.6 is 0 Å². The average molecular weight is 291 g/mol. The van der Waals surface area contributed by atoms with Gasteiger partial charge in [0, 0.05) is 12.2 Å². The van der Waals surface area contributed by atoms with Crippen molar-refractivity contribution in [2.45, 2.75) is 52.1 Å². The highest BCUT2D eigenvalue weighted by atomic mass is 19.1. The number of halogens is 1. The van der Waals surface area contributed by atoms with E-state index < -0.39 is 0 Å². The van der Waals surface area contributed by atoms with E-state index in [9.17, 15) is 4.39 Å². The van der Waals surface area contributed by atoms with E-state index in [0.717, 1.165) is 18.6 Å². The molecule has 0 heterocycles. The molecule has 0 aliphatic carbocycles. The molecule has 0 unspecified atom stereocenters. The molecule has 0 fully saturated rings. The van der Waals surface area contributed by atoms with Crippen LogP contribution in [0.3, 0.4) is 0 Å². The molecule has 0 aromatic heterocycles. The van der Waals surface area contributed by atoms with E-state index in [0.29, 0.717) is 12.2 Å². The summed E-state index contributed by atoms with van der Waals surface area (Å²) in [7, 11) is 0. The number of rotatable bonds is 9. The Labute approximate surface area is 127 Å². The van der Waals surface area contributed by atoms with Gasteiger partial charge in [0.15, 0.2) is 0 Å². The van der Waals surface area contributed by atoms with E-state index in [2.05, 4.69) is 18.8 Å². The normalized spacial score (nSPS) is 10.2. The van der Waals surface area contributed by atoms with Crippen molar-refractivity contribution in [3.05, 3.63) is 35.1 Å². The minimum atomic E-state index is -0.281. The number of unbranched alkanes of at least 4 members (excludes halogenated alkanes) is 5. The molecule has 0 bridgehead atoms. The van der Waals surface area contributed by atoms with Crippen molar-refractivity contribution in [2.75, 3.05) is 13.2 Å². The topological polar surface area (TPSA) is 35.2 Å². The molecule has 2 nitrogen and oxygen atoms in total. The highest BCUT2D eigenvalue weighted by Gasteiger charge is 2.02. The maximum Gasteiger partial charge on any atom is 0.124 e. The van der Waals surface area contributed by atoms with Gasteiger partial charge in [-0.2, -0.15) is 0 Å². The molecule has 0 radical (unpaired) electrons. The van der Waals surface area contributed by atoms with Gasteiger partial charge in [-0.3, -0.25) is 0 Å².